The first kappa shape index (κ1) is 17.1. The Morgan fingerprint density at radius 3 is 2.54 bits per heavy atom. The van der Waals surface area contributed by atoms with Gasteiger partial charge in [0.1, 0.15) is 11.5 Å². The second-order valence-electron chi connectivity index (χ2n) is 6.56. The van der Waals surface area contributed by atoms with Crippen LogP contribution < -0.4 is 5.32 Å². The first-order valence-corrected chi connectivity index (χ1v) is 10.4. The highest BCUT2D eigenvalue weighted by Crippen LogP contribution is 2.22. The SMILES string of the molecule is CCN(C(=O)c1cnc(NC2CCCC2)cn1)C1CCS(=O)(=O)C1. The Morgan fingerprint density at radius 1 is 1.25 bits per heavy atom. The van der Waals surface area contributed by atoms with E-state index in [9.17, 15) is 13.2 Å². The van der Waals surface area contributed by atoms with E-state index in [0.717, 1.165) is 12.8 Å². The smallest absolute Gasteiger partial charge is 0.274 e. The molecule has 1 aliphatic heterocycles. The van der Waals surface area contributed by atoms with E-state index in [4.69, 9.17) is 0 Å². The zero-order chi connectivity index (χ0) is 17.2. The van der Waals surface area contributed by atoms with E-state index in [1.165, 1.54) is 19.0 Å². The molecule has 8 heteroatoms. The van der Waals surface area contributed by atoms with Crippen molar-refractivity contribution < 1.29 is 13.2 Å². The summed E-state index contributed by atoms with van der Waals surface area (Å²) in [5.41, 5.74) is 0.262. The van der Waals surface area contributed by atoms with Gasteiger partial charge in [-0.05, 0) is 26.2 Å². The zero-order valence-electron chi connectivity index (χ0n) is 13.9. The number of amides is 1. The number of hydrogen-bond donors (Lipinski definition) is 1. The Morgan fingerprint density at radius 2 is 2.00 bits per heavy atom. The van der Waals surface area contributed by atoms with E-state index in [1.54, 1.807) is 11.1 Å². The molecule has 1 saturated carbocycles. The lowest BCUT2D eigenvalue weighted by Crippen LogP contribution is -2.41. The maximum atomic E-state index is 12.6. The second kappa shape index (κ2) is 7.04. The number of rotatable bonds is 5. The van der Waals surface area contributed by atoms with Crippen LogP contribution in [0, 0.1) is 0 Å². The molecule has 0 radical (unpaired) electrons. The maximum absolute atomic E-state index is 12.6. The quantitative estimate of drug-likeness (QED) is 0.863. The van der Waals surface area contributed by atoms with Crippen LogP contribution in [-0.2, 0) is 9.84 Å². The van der Waals surface area contributed by atoms with Crippen LogP contribution in [-0.4, -0.2) is 59.3 Å². The highest BCUT2D eigenvalue weighted by atomic mass is 32.2. The van der Waals surface area contributed by atoms with E-state index < -0.39 is 9.84 Å². The predicted octanol–water partition coefficient (Wildman–Crippen LogP) is 1.48. The molecule has 0 spiro atoms. The van der Waals surface area contributed by atoms with Gasteiger partial charge in [-0.25, -0.2) is 18.4 Å². The van der Waals surface area contributed by atoms with Crippen LogP contribution in [0.25, 0.3) is 0 Å². The number of anilines is 1. The first-order valence-electron chi connectivity index (χ1n) is 8.58. The fourth-order valence-electron chi connectivity index (χ4n) is 3.53. The van der Waals surface area contributed by atoms with Gasteiger partial charge >= 0.3 is 0 Å². The van der Waals surface area contributed by atoms with Crippen LogP contribution in [0.3, 0.4) is 0 Å². The van der Waals surface area contributed by atoms with E-state index in [2.05, 4.69) is 15.3 Å². The van der Waals surface area contributed by atoms with Crippen LogP contribution in [0.5, 0.6) is 0 Å². The summed E-state index contributed by atoms with van der Waals surface area (Å²) in [5.74, 6) is 0.628. The van der Waals surface area contributed by atoms with Gasteiger partial charge in [0.15, 0.2) is 9.84 Å². The molecule has 0 aromatic carbocycles. The minimum absolute atomic E-state index is 0.0430. The van der Waals surface area contributed by atoms with Crippen LogP contribution in [0.15, 0.2) is 12.4 Å². The monoisotopic (exact) mass is 352 g/mol. The summed E-state index contributed by atoms with van der Waals surface area (Å²) in [5, 5.41) is 3.34. The molecular weight excluding hydrogens is 328 g/mol. The normalized spacial score (nSPS) is 23.3. The molecule has 2 aliphatic rings. The van der Waals surface area contributed by atoms with Gasteiger partial charge in [-0.2, -0.15) is 0 Å². The van der Waals surface area contributed by atoms with Gasteiger partial charge in [0.05, 0.1) is 23.9 Å². The molecule has 2 heterocycles. The van der Waals surface area contributed by atoms with Gasteiger partial charge < -0.3 is 10.2 Å². The Balaban J connectivity index is 1.66. The minimum Gasteiger partial charge on any atom is -0.366 e. The van der Waals surface area contributed by atoms with E-state index in [-0.39, 0.29) is 29.1 Å². The number of aromatic nitrogens is 2. The van der Waals surface area contributed by atoms with Gasteiger partial charge in [-0.1, -0.05) is 12.8 Å². The summed E-state index contributed by atoms with van der Waals surface area (Å²) in [7, 11) is -3.03. The van der Waals surface area contributed by atoms with Crippen molar-refractivity contribution in [1.29, 1.82) is 0 Å². The third kappa shape index (κ3) is 3.85. The molecule has 24 heavy (non-hydrogen) atoms. The molecule has 2 fully saturated rings. The fraction of sp³-hybridized carbons (Fsp3) is 0.688. The Kier molecular flexibility index (Phi) is 5.03. The maximum Gasteiger partial charge on any atom is 0.274 e. The van der Waals surface area contributed by atoms with Crippen LogP contribution in [0.1, 0.15) is 49.5 Å². The topological polar surface area (TPSA) is 92.3 Å². The average molecular weight is 352 g/mol. The molecule has 1 aromatic rings. The number of hydrogen-bond acceptors (Lipinski definition) is 6. The molecular formula is C16H24N4O3S. The highest BCUT2D eigenvalue weighted by molar-refractivity contribution is 7.91. The van der Waals surface area contributed by atoms with Gasteiger partial charge in [-0.3, -0.25) is 4.79 Å². The lowest BCUT2D eigenvalue weighted by molar-refractivity contribution is 0.0702. The van der Waals surface area contributed by atoms with E-state index in [1.807, 2.05) is 6.92 Å². The van der Waals surface area contributed by atoms with Crippen LogP contribution in [0.2, 0.25) is 0 Å². The molecule has 7 nitrogen and oxygen atoms in total. The summed E-state index contributed by atoms with van der Waals surface area (Å²) in [4.78, 5) is 22.8. The highest BCUT2D eigenvalue weighted by Gasteiger charge is 2.34. The largest absolute Gasteiger partial charge is 0.366 e. The number of nitrogens with zero attached hydrogens (tertiary/aromatic N) is 3. The average Bonchev–Trinajstić information content (AvgIpc) is 3.18. The standard InChI is InChI=1S/C16H24N4O3S/c1-2-20(13-7-8-24(22,23)11-13)16(21)14-9-18-15(10-17-14)19-12-5-3-4-6-12/h9-10,12-13H,2-8,11H2,1H3,(H,18,19). The summed E-state index contributed by atoms with van der Waals surface area (Å²) in [6.07, 6.45) is 8.31. The number of carbonyl (C=O) groups excluding carboxylic acids is 1. The fourth-order valence-corrected chi connectivity index (χ4v) is 5.26. The van der Waals surface area contributed by atoms with Gasteiger partial charge in [0.25, 0.3) is 5.91 Å². The number of carbonyl (C=O) groups is 1. The van der Waals surface area contributed by atoms with Crippen LogP contribution in [0.4, 0.5) is 5.82 Å². The number of sulfone groups is 1. The first-order chi connectivity index (χ1) is 11.5. The molecule has 132 valence electrons. The molecule has 1 atom stereocenters. The van der Waals surface area contributed by atoms with Crippen molar-refractivity contribution in [1.82, 2.24) is 14.9 Å². The second-order valence-corrected chi connectivity index (χ2v) is 8.79. The molecule has 3 rings (SSSR count). The molecule has 1 N–H and O–H groups in total. The van der Waals surface area contributed by atoms with Crippen molar-refractivity contribution in [2.75, 3.05) is 23.4 Å². The van der Waals surface area contributed by atoms with Crippen molar-refractivity contribution in [2.24, 2.45) is 0 Å². The molecule has 1 aromatic heterocycles. The predicted molar refractivity (Wildman–Crippen MR) is 91.7 cm³/mol. The summed E-state index contributed by atoms with van der Waals surface area (Å²) in [6, 6.07) is 0.183. The lowest BCUT2D eigenvalue weighted by Gasteiger charge is -2.26. The Labute approximate surface area is 142 Å². The zero-order valence-corrected chi connectivity index (χ0v) is 14.8. The molecule has 1 saturated heterocycles. The minimum atomic E-state index is -3.03. The van der Waals surface area contributed by atoms with E-state index in [0.29, 0.717) is 24.8 Å². The van der Waals surface area contributed by atoms with Gasteiger partial charge in [-0.15, -0.1) is 0 Å². The van der Waals surface area contributed by atoms with Crippen molar-refractivity contribution >= 4 is 21.6 Å². The van der Waals surface area contributed by atoms with Crippen molar-refractivity contribution in [3.8, 4) is 0 Å². The molecule has 0 bridgehead atoms. The van der Waals surface area contributed by atoms with Gasteiger partial charge in [0.2, 0.25) is 0 Å². The molecule has 1 amide bonds. The summed E-state index contributed by atoms with van der Waals surface area (Å²) < 4.78 is 23.3. The molecule has 1 unspecified atom stereocenters. The summed E-state index contributed by atoms with van der Waals surface area (Å²) in [6.45, 7) is 2.31. The number of nitrogens with one attached hydrogen (secondary N) is 1. The lowest BCUT2D eigenvalue weighted by atomic mass is 10.2. The third-order valence-corrected chi connectivity index (χ3v) is 6.58. The Hall–Kier alpha value is -1.70. The van der Waals surface area contributed by atoms with Gasteiger partial charge in [0, 0.05) is 18.6 Å². The van der Waals surface area contributed by atoms with Crippen molar-refractivity contribution in [3.63, 3.8) is 0 Å². The van der Waals surface area contributed by atoms with E-state index >= 15 is 0 Å². The van der Waals surface area contributed by atoms with Crippen molar-refractivity contribution in [2.45, 2.75) is 51.1 Å². The van der Waals surface area contributed by atoms with Crippen molar-refractivity contribution in [3.05, 3.63) is 18.1 Å². The molecule has 1 aliphatic carbocycles. The Bertz CT molecular complexity index is 684. The third-order valence-electron chi connectivity index (χ3n) is 4.83. The van der Waals surface area contributed by atoms with Crippen LogP contribution >= 0.6 is 0 Å². The summed E-state index contributed by atoms with van der Waals surface area (Å²) >= 11 is 0.